The number of hydrogen-bond donors (Lipinski definition) is 0. The molecule has 1 amide bonds. The Balaban J connectivity index is 1.80. The minimum atomic E-state index is -3.06. The van der Waals surface area contributed by atoms with E-state index in [2.05, 4.69) is 15.9 Å². The highest BCUT2D eigenvalue weighted by Gasteiger charge is 2.32. The van der Waals surface area contributed by atoms with E-state index in [1.54, 1.807) is 6.08 Å². The zero-order valence-corrected chi connectivity index (χ0v) is 15.5. The summed E-state index contributed by atoms with van der Waals surface area (Å²) in [7, 11) is -1.54. The standard InChI is InChI=1S/C16H18BrNO5S/c1-18(14-8-9-24(21,22)11-14)15(19)10-23-16(20)7-4-12-2-5-13(17)6-3-12/h2-7,14H,8-11H2,1H3/b7-4+/t14-/m0/s1. The largest absolute Gasteiger partial charge is 0.452 e. The molecule has 8 heteroatoms. The van der Waals surface area contributed by atoms with E-state index in [4.69, 9.17) is 4.74 Å². The topological polar surface area (TPSA) is 80.8 Å². The molecule has 1 aliphatic rings. The fourth-order valence-corrected chi connectivity index (χ4v) is 4.34. The van der Waals surface area contributed by atoms with Crippen LogP contribution in [0.4, 0.5) is 0 Å². The van der Waals surface area contributed by atoms with E-state index >= 15 is 0 Å². The van der Waals surface area contributed by atoms with Crippen molar-refractivity contribution in [1.29, 1.82) is 0 Å². The molecule has 130 valence electrons. The number of amides is 1. The molecule has 0 aromatic heterocycles. The third-order valence-corrected chi connectivity index (χ3v) is 6.05. The first-order valence-corrected chi connectivity index (χ1v) is 9.95. The second-order valence-corrected chi connectivity index (χ2v) is 8.70. The van der Waals surface area contributed by atoms with E-state index in [0.29, 0.717) is 6.42 Å². The molecule has 0 unspecified atom stereocenters. The summed E-state index contributed by atoms with van der Waals surface area (Å²) in [6.07, 6.45) is 3.26. The molecule has 0 N–H and O–H groups in total. The van der Waals surface area contributed by atoms with Gasteiger partial charge in [0, 0.05) is 23.6 Å². The van der Waals surface area contributed by atoms with Crippen LogP contribution in [0.2, 0.25) is 0 Å². The maximum Gasteiger partial charge on any atom is 0.331 e. The number of benzene rings is 1. The lowest BCUT2D eigenvalue weighted by Gasteiger charge is -2.22. The number of esters is 1. The van der Waals surface area contributed by atoms with Crippen molar-refractivity contribution >= 4 is 43.7 Å². The van der Waals surface area contributed by atoms with Crippen LogP contribution in [0.5, 0.6) is 0 Å². The molecule has 0 bridgehead atoms. The zero-order valence-electron chi connectivity index (χ0n) is 13.1. The van der Waals surface area contributed by atoms with Gasteiger partial charge in [0.1, 0.15) is 0 Å². The molecule has 0 spiro atoms. The van der Waals surface area contributed by atoms with E-state index in [0.717, 1.165) is 10.0 Å². The summed E-state index contributed by atoms with van der Waals surface area (Å²) in [6.45, 7) is -0.406. The van der Waals surface area contributed by atoms with Crippen LogP contribution in [0.15, 0.2) is 34.8 Å². The summed E-state index contributed by atoms with van der Waals surface area (Å²) in [4.78, 5) is 25.0. The molecular formula is C16H18BrNO5S. The van der Waals surface area contributed by atoms with Gasteiger partial charge in [-0.1, -0.05) is 28.1 Å². The number of carbonyl (C=O) groups excluding carboxylic acids is 2. The lowest BCUT2D eigenvalue weighted by Crippen LogP contribution is -2.40. The van der Waals surface area contributed by atoms with Crippen LogP contribution in [0.1, 0.15) is 12.0 Å². The summed E-state index contributed by atoms with van der Waals surface area (Å²) < 4.78 is 28.7. The monoisotopic (exact) mass is 415 g/mol. The number of likely N-dealkylation sites (N-methyl/N-ethyl adjacent to an activating group) is 1. The molecule has 1 aromatic carbocycles. The minimum Gasteiger partial charge on any atom is -0.452 e. The lowest BCUT2D eigenvalue weighted by molar-refractivity contribution is -0.148. The van der Waals surface area contributed by atoms with Gasteiger partial charge in [0.15, 0.2) is 16.4 Å². The highest BCUT2D eigenvalue weighted by molar-refractivity contribution is 9.10. The number of sulfone groups is 1. The molecule has 0 saturated carbocycles. The van der Waals surface area contributed by atoms with Crippen LogP contribution in [0.25, 0.3) is 6.08 Å². The summed E-state index contributed by atoms with van der Waals surface area (Å²) in [5.41, 5.74) is 0.828. The fourth-order valence-electron chi connectivity index (χ4n) is 2.31. The second-order valence-electron chi connectivity index (χ2n) is 5.55. The highest BCUT2D eigenvalue weighted by atomic mass is 79.9. The second kappa shape index (κ2) is 7.94. The van der Waals surface area contributed by atoms with Gasteiger partial charge in [-0.2, -0.15) is 0 Å². The molecular weight excluding hydrogens is 398 g/mol. The molecule has 1 aliphatic heterocycles. The van der Waals surface area contributed by atoms with Gasteiger partial charge in [0.25, 0.3) is 5.91 Å². The van der Waals surface area contributed by atoms with Crippen LogP contribution in [0, 0.1) is 0 Å². The third kappa shape index (κ3) is 5.45. The Kier molecular flexibility index (Phi) is 6.17. The number of carbonyl (C=O) groups is 2. The van der Waals surface area contributed by atoms with Gasteiger partial charge < -0.3 is 9.64 Å². The normalized spacial score (nSPS) is 19.3. The number of rotatable bonds is 5. The Morgan fingerprint density at radius 1 is 1.33 bits per heavy atom. The first kappa shape index (κ1) is 18.7. The van der Waals surface area contributed by atoms with E-state index in [1.165, 1.54) is 18.0 Å². The van der Waals surface area contributed by atoms with Gasteiger partial charge in [-0.25, -0.2) is 13.2 Å². The predicted octanol–water partition coefficient (Wildman–Crippen LogP) is 1.65. The summed E-state index contributed by atoms with van der Waals surface area (Å²) in [5.74, 6) is -0.987. The quantitative estimate of drug-likeness (QED) is 0.539. The number of nitrogens with zero attached hydrogens (tertiary/aromatic N) is 1. The Hall–Kier alpha value is -1.67. The van der Waals surface area contributed by atoms with Crippen molar-refractivity contribution in [1.82, 2.24) is 4.90 Å². The van der Waals surface area contributed by atoms with Crippen LogP contribution in [-0.4, -0.2) is 56.4 Å². The van der Waals surface area contributed by atoms with E-state index in [1.807, 2.05) is 24.3 Å². The van der Waals surface area contributed by atoms with Crippen molar-refractivity contribution in [2.45, 2.75) is 12.5 Å². The number of halogens is 1. The van der Waals surface area contributed by atoms with E-state index in [-0.39, 0.29) is 17.5 Å². The van der Waals surface area contributed by atoms with Gasteiger partial charge >= 0.3 is 5.97 Å². The molecule has 6 nitrogen and oxygen atoms in total. The van der Waals surface area contributed by atoms with Gasteiger partial charge in [-0.3, -0.25) is 4.79 Å². The van der Waals surface area contributed by atoms with E-state index < -0.39 is 28.3 Å². The molecule has 1 aromatic rings. The smallest absolute Gasteiger partial charge is 0.331 e. The number of hydrogen-bond acceptors (Lipinski definition) is 5. The van der Waals surface area contributed by atoms with Crippen LogP contribution in [0.3, 0.4) is 0 Å². The Labute approximate surface area is 149 Å². The molecule has 1 heterocycles. The third-order valence-electron chi connectivity index (χ3n) is 3.77. The molecule has 1 saturated heterocycles. The maximum atomic E-state index is 12.0. The van der Waals surface area contributed by atoms with Gasteiger partial charge in [0.2, 0.25) is 0 Å². The van der Waals surface area contributed by atoms with E-state index in [9.17, 15) is 18.0 Å². The predicted molar refractivity (Wildman–Crippen MR) is 94.0 cm³/mol. The van der Waals surface area contributed by atoms with Crippen molar-refractivity contribution in [3.05, 3.63) is 40.4 Å². The Morgan fingerprint density at radius 3 is 2.58 bits per heavy atom. The molecule has 0 aliphatic carbocycles. The average molecular weight is 416 g/mol. The minimum absolute atomic E-state index is 0.0351. The first-order valence-electron chi connectivity index (χ1n) is 7.33. The molecule has 1 atom stereocenters. The van der Waals surface area contributed by atoms with Crippen molar-refractivity contribution in [3.8, 4) is 0 Å². The SMILES string of the molecule is CN(C(=O)COC(=O)/C=C/c1ccc(Br)cc1)[C@H]1CCS(=O)(=O)C1. The Bertz CT molecular complexity index is 742. The van der Waals surface area contributed by atoms with Crippen molar-refractivity contribution < 1.29 is 22.7 Å². The Morgan fingerprint density at radius 2 is 2.00 bits per heavy atom. The van der Waals surface area contributed by atoms with Crippen molar-refractivity contribution in [2.75, 3.05) is 25.2 Å². The molecule has 1 fully saturated rings. The summed E-state index contributed by atoms with van der Waals surface area (Å²) >= 11 is 3.32. The zero-order chi connectivity index (χ0) is 17.7. The summed E-state index contributed by atoms with van der Waals surface area (Å²) in [5, 5.41) is 0. The maximum absolute atomic E-state index is 12.0. The highest BCUT2D eigenvalue weighted by Crippen LogP contribution is 2.16. The molecule has 0 radical (unpaired) electrons. The van der Waals surface area contributed by atoms with Gasteiger partial charge in [-0.05, 0) is 30.2 Å². The van der Waals surface area contributed by atoms with Crippen molar-refractivity contribution in [3.63, 3.8) is 0 Å². The van der Waals surface area contributed by atoms with Gasteiger partial charge in [0.05, 0.1) is 11.5 Å². The molecule has 2 rings (SSSR count). The fraction of sp³-hybridized carbons (Fsp3) is 0.375. The van der Waals surface area contributed by atoms with Crippen LogP contribution < -0.4 is 0 Å². The van der Waals surface area contributed by atoms with Crippen LogP contribution in [-0.2, 0) is 24.2 Å². The van der Waals surface area contributed by atoms with Crippen molar-refractivity contribution in [2.24, 2.45) is 0 Å². The lowest BCUT2D eigenvalue weighted by atomic mass is 10.2. The first-order chi connectivity index (χ1) is 11.3. The number of ether oxygens (including phenoxy) is 1. The molecule has 24 heavy (non-hydrogen) atoms. The average Bonchev–Trinajstić information content (AvgIpc) is 2.91. The van der Waals surface area contributed by atoms with Crippen LogP contribution >= 0.6 is 15.9 Å². The summed E-state index contributed by atoms with van der Waals surface area (Å²) in [6, 6.07) is 7.00. The van der Waals surface area contributed by atoms with Gasteiger partial charge in [-0.15, -0.1) is 0 Å².